The molecule has 2 rings (SSSR count). The Kier molecular flexibility index (Phi) is 3.53. The van der Waals surface area contributed by atoms with Crippen molar-refractivity contribution in [2.45, 2.75) is 0 Å². The number of aromatic carboxylic acids is 2. The first kappa shape index (κ1) is 13.1. The number of carboxylic acids is 2. The average molecular weight is 277 g/mol. The van der Waals surface area contributed by atoms with Gasteiger partial charge in [-0.25, -0.2) is 9.59 Å². The Morgan fingerprint density at radius 2 is 1.37 bits per heavy atom. The lowest BCUT2D eigenvalue weighted by atomic mass is 10.0. The molecule has 0 aliphatic carbocycles. The first-order valence-electron chi connectivity index (χ1n) is 5.35. The van der Waals surface area contributed by atoms with Crippen LogP contribution in [0.2, 0.25) is 5.02 Å². The van der Waals surface area contributed by atoms with Crippen LogP contribution in [-0.2, 0) is 0 Å². The van der Waals surface area contributed by atoms with Crippen molar-refractivity contribution in [3.63, 3.8) is 0 Å². The van der Waals surface area contributed by atoms with Crippen LogP contribution in [0.15, 0.2) is 42.5 Å². The van der Waals surface area contributed by atoms with Gasteiger partial charge in [0, 0.05) is 5.02 Å². The zero-order valence-electron chi connectivity index (χ0n) is 9.63. The minimum atomic E-state index is -1.06. The fourth-order valence-electron chi connectivity index (χ4n) is 1.69. The summed E-state index contributed by atoms with van der Waals surface area (Å²) in [5.74, 6) is -2.07. The molecule has 2 N–H and O–H groups in total. The van der Waals surface area contributed by atoms with Crippen molar-refractivity contribution in [1.29, 1.82) is 0 Å². The van der Waals surface area contributed by atoms with Gasteiger partial charge in [0.25, 0.3) is 0 Å². The molecule has 4 nitrogen and oxygen atoms in total. The predicted octanol–water partition coefficient (Wildman–Crippen LogP) is 3.40. The lowest BCUT2D eigenvalue weighted by molar-refractivity contribution is 0.0686. The Hall–Kier alpha value is -2.33. The summed E-state index contributed by atoms with van der Waals surface area (Å²) in [6.07, 6.45) is 0. The zero-order valence-corrected chi connectivity index (χ0v) is 10.4. The van der Waals surface area contributed by atoms with Crippen LogP contribution in [0, 0.1) is 0 Å². The van der Waals surface area contributed by atoms with E-state index < -0.39 is 11.9 Å². The Morgan fingerprint density at radius 1 is 0.789 bits per heavy atom. The van der Waals surface area contributed by atoms with E-state index in [-0.39, 0.29) is 11.1 Å². The van der Waals surface area contributed by atoms with Gasteiger partial charge >= 0.3 is 11.9 Å². The summed E-state index contributed by atoms with van der Waals surface area (Å²) in [5.41, 5.74) is 1.59. The highest BCUT2D eigenvalue weighted by molar-refractivity contribution is 6.31. The summed E-state index contributed by atoms with van der Waals surface area (Å²) in [5, 5.41) is 18.1. The summed E-state index contributed by atoms with van der Waals surface area (Å²) in [4.78, 5) is 21.7. The number of hydrogen-bond acceptors (Lipinski definition) is 2. The highest BCUT2D eigenvalue weighted by Gasteiger charge is 2.08. The Labute approximate surface area is 113 Å². The average Bonchev–Trinajstić information content (AvgIpc) is 2.38. The van der Waals surface area contributed by atoms with Gasteiger partial charge in [0.15, 0.2) is 0 Å². The van der Waals surface area contributed by atoms with Crippen molar-refractivity contribution in [2.24, 2.45) is 0 Å². The van der Waals surface area contributed by atoms with Gasteiger partial charge < -0.3 is 10.2 Å². The maximum absolute atomic E-state index is 10.9. The van der Waals surface area contributed by atoms with Crippen LogP contribution < -0.4 is 0 Å². The van der Waals surface area contributed by atoms with Gasteiger partial charge in [-0.3, -0.25) is 0 Å². The van der Waals surface area contributed by atoms with Crippen molar-refractivity contribution in [3.8, 4) is 11.1 Å². The van der Waals surface area contributed by atoms with Crippen molar-refractivity contribution >= 4 is 23.5 Å². The van der Waals surface area contributed by atoms with Crippen LogP contribution in [0.25, 0.3) is 11.1 Å². The van der Waals surface area contributed by atoms with E-state index in [4.69, 9.17) is 21.8 Å². The number of carbonyl (C=O) groups is 2. The van der Waals surface area contributed by atoms with E-state index in [2.05, 4.69) is 0 Å². The third-order valence-corrected chi connectivity index (χ3v) is 2.83. The van der Waals surface area contributed by atoms with E-state index in [0.717, 1.165) is 0 Å². The second-order valence-electron chi connectivity index (χ2n) is 3.92. The van der Waals surface area contributed by atoms with Gasteiger partial charge in [-0.15, -0.1) is 0 Å². The summed E-state index contributed by atoms with van der Waals surface area (Å²) in [6.45, 7) is 0. The normalized spacial score (nSPS) is 10.2. The van der Waals surface area contributed by atoms with Crippen LogP contribution in [0.3, 0.4) is 0 Å². The number of carboxylic acid groups (broad SMARTS) is 2. The largest absolute Gasteiger partial charge is 0.478 e. The van der Waals surface area contributed by atoms with Crippen molar-refractivity contribution in [3.05, 3.63) is 58.6 Å². The fourth-order valence-corrected chi connectivity index (χ4v) is 1.92. The number of hydrogen-bond donors (Lipinski definition) is 2. The molecule has 0 spiro atoms. The Morgan fingerprint density at radius 3 is 1.89 bits per heavy atom. The SMILES string of the molecule is O=C(O)c1ccc(-c2cc(Cl)cc(C(=O)O)c2)cc1. The summed E-state index contributed by atoms with van der Waals surface area (Å²) in [6, 6.07) is 10.6. The molecule has 5 heteroatoms. The first-order chi connectivity index (χ1) is 8.97. The molecule has 2 aromatic carbocycles. The van der Waals surface area contributed by atoms with Gasteiger partial charge in [-0.1, -0.05) is 23.7 Å². The monoisotopic (exact) mass is 276 g/mol. The molecule has 0 aromatic heterocycles. The molecule has 0 amide bonds. The summed E-state index contributed by atoms with van der Waals surface area (Å²) >= 11 is 5.87. The van der Waals surface area contributed by atoms with Crippen LogP contribution in [0.1, 0.15) is 20.7 Å². The van der Waals surface area contributed by atoms with E-state index in [1.165, 1.54) is 24.3 Å². The van der Waals surface area contributed by atoms with Crippen LogP contribution >= 0.6 is 11.6 Å². The smallest absolute Gasteiger partial charge is 0.335 e. The second kappa shape index (κ2) is 5.12. The lowest BCUT2D eigenvalue weighted by Crippen LogP contribution is -1.97. The maximum atomic E-state index is 10.9. The van der Waals surface area contributed by atoms with Crippen LogP contribution in [0.5, 0.6) is 0 Å². The second-order valence-corrected chi connectivity index (χ2v) is 4.35. The highest BCUT2D eigenvalue weighted by Crippen LogP contribution is 2.25. The molecule has 0 fully saturated rings. The van der Waals surface area contributed by atoms with E-state index in [9.17, 15) is 9.59 Å². The van der Waals surface area contributed by atoms with E-state index in [1.54, 1.807) is 18.2 Å². The van der Waals surface area contributed by atoms with Crippen LogP contribution in [0.4, 0.5) is 0 Å². The third kappa shape index (κ3) is 2.92. The Balaban J connectivity index is 2.46. The standard InChI is InChI=1S/C14H9ClO4/c15-12-6-10(5-11(7-12)14(18)19)8-1-3-9(4-2-8)13(16)17/h1-7H,(H,16,17)(H,18,19). The van der Waals surface area contributed by atoms with Gasteiger partial charge in [0.2, 0.25) is 0 Å². The van der Waals surface area contributed by atoms with Gasteiger partial charge in [-0.2, -0.15) is 0 Å². The molecule has 0 heterocycles. The Bertz CT molecular complexity index is 647. The molecule has 0 radical (unpaired) electrons. The minimum absolute atomic E-state index is 0.0878. The number of halogens is 1. The molecular formula is C14H9ClO4. The fraction of sp³-hybridized carbons (Fsp3) is 0. The molecule has 0 aliphatic heterocycles. The quantitative estimate of drug-likeness (QED) is 0.901. The molecule has 19 heavy (non-hydrogen) atoms. The highest BCUT2D eigenvalue weighted by atomic mass is 35.5. The van der Waals surface area contributed by atoms with Gasteiger partial charge in [0.1, 0.15) is 0 Å². The number of benzene rings is 2. The molecule has 2 aromatic rings. The van der Waals surface area contributed by atoms with Gasteiger partial charge in [-0.05, 0) is 41.5 Å². The maximum Gasteiger partial charge on any atom is 0.335 e. The first-order valence-corrected chi connectivity index (χ1v) is 5.73. The van der Waals surface area contributed by atoms with E-state index in [0.29, 0.717) is 16.1 Å². The summed E-state index contributed by atoms with van der Waals surface area (Å²) < 4.78 is 0. The van der Waals surface area contributed by atoms with Crippen molar-refractivity contribution < 1.29 is 19.8 Å². The van der Waals surface area contributed by atoms with E-state index in [1.807, 2.05) is 0 Å². The van der Waals surface area contributed by atoms with Crippen molar-refractivity contribution in [1.82, 2.24) is 0 Å². The molecule has 0 atom stereocenters. The van der Waals surface area contributed by atoms with E-state index >= 15 is 0 Å². The minimum Gasteiger partial charge on any atom is -0.478 e. The molecular weight excluding hydrogens is 268 g/mol. The van der Waals surface area contributed by atoms with Gasteiger partial charge in [0.05, 0.1) is 11.1 Å². The molecule has 0 unspecified atom stereocenters. The lowest BCUT2D eigenvalue weighted by Gasteiger charge is -2.05. The third-order valence-electron chi connectivity index (χ3n) is 2.61. The summed E-state index contributed by atoms with van der Waals surface area (Å²) in [7, 11) is 0. The van der Waals surface area contributed by atoms with Crippen LogP contribution in [-0.4, -0.2) is 22.2 Å². The topological polar surface area (TPSA) is 74.6 Å². The predicted molar refractivity (Wildman–Crippen MR) is 70.8 cm³/mol. The van der Waals surface area contributed by atoms with Crippen molar-refractivity contribution in [2.75, 3.05) is 0 Å². The molecule has 0 saturated carbocycles. The molecule has 0 bridgehead atoms. The molecule has 0 saturated heterocycles. The number of rotatable bonds is 3. The molecule has 96 valence electrons. The zero-order chi connectivity index (χ0) is 14.0. The molecule has 0 aliphatic rings.